The van der Waals surface area contributed by atoms with Crippen molar-refractivity contribution in [2.75, 3.05) is 7.05 Å². The molecular weight excluding hydrogens is 232 g/mol. The highest BCUT2D eigenvalue weighted by atomic mass is 16.4. The Morgan fingerprint density at radius 1 is 1.33 bits per heavy atom. The maximum Gasteiger partial charge on any atom is 0.337 e. The molecule has 1 amide bonds. The van der Waals surface area contributed by atoms with E-state index in [-0.39, 0.29) is 11.5 Å². The molecule has 94 valence electrons. The molecular formula is C13H14N2O3. The van der Waals surface area contributed by atoms with Crippen LogP contribution >= 0.6 is 0 Å². The summed E-state index contributed by atoms with van der Waals surface area (Å²) in [6, 6.07) is 6.42. The minimum absolute atomic E-state index is 0.160. The van der Waals surface area contributed by atoms with Gasteiger partial charge in [0.1, 0.15) is 6.04 Å². The fourth-order valence-corrected chi connectivity index (χ4v) is 2.05. The molecule has 18 heavy (non-hydrogen) atoms. The minimum Gasteiger partial charge on any atom is -0.478 e. The van der Waals surface area contributed by atoms with Crippen molar-refractivity contribution in [1.82, 2.24) is 9.88 Å². The average molecular weight is 246 g/mol. The summed E-state index contributed by atoms with van der Waals surface area (Å²) in [6.07, 6.45) is 1.73. The standard InChI is InChI=1S/C13H14N2O3/c1-8(12(16)14-2)15-7-6-9-4-3-5-10(11(9)15)13(17)18/h3-8H,1-2H3,(H,14,16)(H,17,18). The molecule has 5 nitrogen and oxygen atoms in total. The first kappa shape index (κ1) is 12.2. The number of carboxylic acid groups (broad SMARTS) is 1. The Hall–Kier alpha value is -2.30. The van der Waals surface area contributed by atoms with Crippen LogP contribution < -0.4 is 5.32 Å². The number of carboxylic acids is 1. The van der Waals surface area contributed by atoms with Crippen LogP contribution in [0.25, 0.3) is 10.9 Å². The largest absolute Gasteiger partial charge is 0.478 e. The summed E-state index contributed by atoms with van der Waals surface area (Å²) in [5, 5.41) is 12.6. The fourth-order valence-electron chi connectivity index (χ4n) is 2.05. The van der Waals surface area contributed by atoms with Gasteiger partial charge in [-0.3, -0.25) is 4.79 Å². The number of likely N-dealkylation sites (N-methyl/N-ethyl adjacent to an activating group) is 1. The van der Waals surface area contributed by atoms with Gasteiger partial charge in [0.25, 0.3) is 0 Å². The second-order valence-electron chi connectivity index (χ2n) is 4.06. The molecule has 0 saturated carbocycles. The molecule has 0 fully saturated rings. The molecule has 2 N–H and O–H groups in total. The predicted octanol–water partition coefficient (Wildman–Crippen LogP) is 1.65. The molecule has 2 rings (SSSR count). The number of carbonyl (C=O) groups is 2. The van der Waals surface area contributed by atoms with Crippen LogP contribution in [0.4, 0.5) is 0 Å². The number of nitrogens with one attached hydrogen (secondary N) is 1. The Balaban J connectivity index is 2.65. The van der Waals surface area contributed by atoms with Gasteiger partial charge in [0, 0.05) is 18.6 Å². The van der Waals surface area contributed by atoms with E-state index >= 15 is 0 Å². The summed E-state index contributed by atoms with van der Waals surface area (Å²) < 4.78 is 1.68. The normalized spacial score (nSPS) is 12.3. The molecule has 0 spiro atoms. The van der Waals surface area contributed by atoms with E-state index in [2.05, 4.69) is 5.32 Å². The zero-order valence-corrected chi connectivity index (χ0v) is 10.2. The fraction of sp³-hybridized carbons (Fsp3) is 0.231. The lowest BCUT2D eigenvalue weighted by atomic mass is 10.1. The van der Waals surface area contributed by atoms with E-state index in [0.717, 1.165) is 5.39 Å². The van der Waals surface area contributed by atoms with Gasteiger partial charge in [0.15, 0.2) is 0 Å². The Labute approximate surface area is 104 Å². The molecule has 0 aliphatic rings. The molecule has 0 saturated heterocycles. The third-order valence-corrected chi connectivity index (χ3v) is 3.01. The zero-order valence-electron chi connectivity index (χ0n) is 10.2. The molecule has 1 unspecified atom stereocenters. The van der Waals surface area contributed by atoms with Crippen molar-refractivity contribution in [2.24, 2.45) is 0 Å². The lowest BCUT2D eigenvalue weighted by molar-refractivity contribution is -0.123. The first-order valence-electron chi connectivity index (χ1n) is 5.60. The highest BCUT2D eigenvalue weighted by molar-refractivity contribution is 6.02. The van der Waals surface area contributed by atoms with E-state index in [4.69, 9.17) is 0 Å². The first-order chi connectivity index (χ1) is 8.56. The van der Waals surface area contributed by atoms with E-state index in [0.29, 0.717) is 5.52 Å². The number of benzene rings is 1. The maximum atomic E-state index is 11.7. The minimum atomic E-state index is -0.996. The van der Waals surface area contributed by atoms with Crippen LogP contribution in [0, 0.1) is 0 Å². The number of aromatic carboxylic acids is 1. The molecule has 1 aromatic carbocycles. The van der Waals surface area contributed by atoms with Crippen LogP contribution in [0.3, 0.4) is 0 Å². The van der Waals surface area contributed by atoms with Crippen LogP contribution in [-0.2, 0) is 4.79 Å². The monoisotopic (exact) mass is 246 g/mol. The summed E-state index contributed by atoms with van der Waals surface area (Å²) in [5.41, 5.74) is 0.773. The van der Waals surface area contributed by atoms with Gasteiger partial charge in [-0.25, -0.2) is 4.79 Å². The van der Waals surface area contributed by atoms with E-state index in [1.54, 1.807) is 36.9 Å². The molecule has 1 atom stereocenters. The predicted molar refractivity (Wildman–Crippen MR) is 67.7 cm³/mol. The number of rotatable bonds is 3. The van der Waals surface area contributed by atoms with Crippen LogP contribution in [0.15, 0.2) is 30.5 Å². The van der Waals surface area contributed by atoms with Crippen LogP contribution in [0.2, 0.25) is 0 Å². The van der Waals surface area contributed by atoms with E-state index in [1.165, 1.54) is 6.07 Å². The summed E-state index contributed by atoms with van der Waals surface area (Å²) in [6.45, 7) is 1.73. The second-order valence-corrected chi connectivity index (χ2v) is 4.06. The van der Waals surface area contributed by atoms with Crippen molar-refractivity contribution in [3.63, 3.8) is 0 Å². The summed E-state index contributed by atoms with van der Waals surface area (Å²) in [7, 11) is 1.56. The van der Waals surface area contributed by atoms with Crippen LogP contribution in [0.5, 0.6) is 0 Å². The molecule has 2 aromatic rings. The van der Waals surface area contributed by atoms with Crippen LogP contribution in [0.1, 0.15) is 23.3 Å². The van der Waals surface area contributed by atoms with Crippen molar-refractivity contribution in [3.05, 3.63) is 36.0 Å². The zero-order chi connectivity index (χ0) is 13.3. The number of hydrogen-bond donors (Lipinski definition) is 2. The molecule has 0 aliphatic heterocycles. The number of aromatic nitrogens is 1. The Morgan fingerprint density at radius 2 is 2.06 bits per heavy atom. The lowest BCUT2D eigenvalue weighted by Crippen LogP contribution is -2.27. The third kappa shape index (κ3) is 1.84. The van der Waals surface area contributed by atoms with Gasteiger partial charge < -0.3 is 15.0 Å². The first-order valence-corrected chi connectivity index (χ1v) is 5.60. The number of amides is 1. The van der Waals surface area contributed by atoms with Crippen molar-refractivity contribution in [2.45, 2.75) is 13.0 Å². The van der Waals surface area contributed by atoms with E-state index in [9.17, 15) is 14.7 Å². The number of nitrogens with zero attached hydrogens (tertiary/aromatic N) is 1. The number of fused-ring (bicyclic) bond motifs is 1. The Bertz CT molecular complexity index is 616. The van der Waals surface area contributed by atoms with Gasteiger partial charge in [-0.05, 0) is 19.1 Å². The van der Waals surface area contributed by atoms with E-state index < -0.39 is 12.0 Å². The van der Waals surface area contributed by atoms with E-state index in [1.807, 2.05) is 6.07 Å². The quantitative estimate of drug-likeness (QED) is 0.865. The second kappa shape index (κ2) is 4.52. The van der Waals surface area contributed by atoms with Gasteiger partial charge in [-0.1, -0.05) is 12.1 Å². The van der Waals surface area contributed by atoms with Gasteiger partial charge in [0.2, 0.25) is 5.91 Å². The van der Waals surface area contributed by atoms with Crippen LogP contribution in [-0.4, -0.2) is 28.6 Å². The topological polar surface area (TPSA) is 71.3 Å². The molecule has 5 heteroatoms. The summed E-state index contributed by atoms with van der Waals surface area (Å²) in [4.78, 5) is 22.9. The van der Waals surface area contributed by atoms with Crippen molar-refractivity contribution in [1.29, 1.82) is 0 Å². The van der Waals surface area contributed by atoms with Crippen molar-refractivity contribution >= 4 is 22.8 Å². The highest BCUT2D eigenvalue weighted by Gasteiger charge is 2.18. The molecule has 0 radical (unpaired) electrons. The number of para-hydroxylation sites is 1. The van der Waals surface area contributed by atoms with Crippen molar-refractivity contribution < 1.29 is 14.7 Å². The molecule has 1 aromatic heterocycles. The lowest BCUT2D eigenvalue weighted by Gasteiger charge is -2.14. The van der Waals surface area contributed by atoms with Gasteiger partial charge in [0.05, 0.1) is 11.1 Å². The molecule has 0 aliphatic carbocycles. The smallest absolute Gasteiger partial charge is 0.337 e. The maximum absolute atomic E-state index is 11.7. The number of hydrogen-bond acceptors (Lipinski definition) is 2. The summed E-state index contributed by atoms with van der Waals surface area (Å²) >= 11 is 0. The van der Waals surface area contributed by atoms with Gasteiger partial charge in [-0.15, -0.1) is 0 Å². The SMILES string of the molecule is CNC(=O)C(C)n1ccc2cccc(C(=O)O)c21. The highest BCUT2D eigenvalue weighted by Crippen LogP contribution is 2.24. The third-order valence-electron chi connectivity index (χ3n) is 3.01. The number of carbonyl (C=O) groups excluding carboxylic acids is 1. The van der Waals surface area contributed by atoms with Gasteiger partial charge >= 0.3 is 5.97 Å². The average Bonchev–Trinajstić information content (AvgIpc) is 2.80. The Kier molecular flexibility index (Phi) is 3.06. The van der Waals surface area contributed by atoms with Crippen molar-refractivity contribution in [3.8, 4) is 0 Å². The Morgan fingerprint density at radius 3 is 2.67 bits per heavy atom. The van der Waals surface area contributed by atoms with Gasteiger partial charge in [-0.2, -0.15) is 0 Å². The molecule has 0 bridgehead atoms. The summed E-state index contributed by atoms with van der Waals surface area (Å²) in [5.74, 6) is -1.16. The molecule has 1 heterocycles.